The molecule has 0 amide bonds. The third-order valence-corrected chi connectivity index (χ3v) is 5.41. The molecule has 0 bridgehead atoms. The maximum atomic E-state index is 12.4. The van der Waals surface area contributed by atoms with Gasteiger partial charge in [-0.05, 0) is 24.3 Å². The van der Waals surface area contributed by atoms with E-state index in [1.165, 1.54) is 6.07 Å². The van der Waals surface area contributed by atoms with Gasteiger partial charge in [0.1, 0.15) is 0 Å². The van der Waals surface area contributed by atoms with Gasteiger partial charge >= 0.3 is 5.97 Å². The van der Waals surface area contributed by atoms with Crippen LogP contribution in [0.5, 0.6) is 0 Å². The molecule has 2 N–H and O–H groups in total. The summed E-state index contributed by atoms with van der Waals surface area (Å²) < 4.78 is 27.3. The van der Waals surface area contributed by atoms with Crippen LogP contribution in [0.25, 0.3) is 10.8 Å². The van der Waals surface area contributed by atoms with Gasteiger partial charge in [-0.1, -0.05) is 36.4 Å². The molecule has 0 radical (unpaired) electrons. The third-order valence-electron chi connectivity index (χ3n) is 3.95. The molecule has 3 rings (SSSR count). The van der Waals surface area contributed by atoms with Crippen LogP contribution in [-0.4, -0.2) is 26.0 Å². The zero-order valence-electron chi connectivity index (χ0n) is 11.2. The molecular formula is C15H15NO4S. The first-order chi connectivity index (χ1) is 9.95. The summed E-state index contributed by atoms with van der Waals surface area (Å²) in [5, 5.41) is 10.6. The van der Waals surface area contributed by atoms with E-state index in [4.69, 9.17) is 5.11 Å². The lowest BCUT2D eigenvalue weighted by molar-refractivity contribution is -0.143. The smallest absolute Gasteiger partial charge is 0.310 e. The van der Waals surface area contributed by atoms with Crippen LogP contribution in [0.4, 0.5) is 0 Å². The van der Waals surface area contributed by atoms with E-state index in [0.29, 0.717) is 18.2 Å². The average molecular weight is 305 g/mol. The number of carbonyl (C=O) groups is 1. The number of fused-ring (bicyclic) bond motifs is 1. The van der Waals surface area contributed by atoms with Gasteiger partial charge in [-0.3, -0.25) is 4.79 Å². The molecule has 1 aliphatic carbocycles. The van der Waals surface area contributed by atoms with E-state index < -0.39 is 21.4 Å². The molecule has 0 spiro atoms. The summed E-state index contributed by atoms with van der Waals surface area (Å²) in [5.41, 5.74) is -0.919. The lowest BCUT2D eigenvalue weighted by Gasteiger charge is -2.13. The molecule has 0 aliphatic heterocycles. The standard InChI is InChI=1S/C15H15NO4S/c17-14(18)15(8-9-15)10-16-21(19,20)13-7-3-5-11-4-1-2-6-12(11)13/h1-7,16H,8-10H2,(H,17,18). The molecule has 0 atom stereocenters. The quantitative estimate of drug-likeness (QED) is 0.885. The van der Waals surface area contributed by atoms with E-state index in [2.05, 4.69) is 4.72 Å². The van der Waals surface area contributed by atoms with Crippen LogP contribution in [0.3, 0.4) is 0 Å². The van der Waals surface area contributed by atoms with Crippen molar-refractivity contribution in [2.45, 2.75) is 17.7 Å². The Morgan fingerprint density at radius 3 is 2.48 bits per heavy atom. The molecule has 1 fully saturated rings. The van der Waals surface area contributed by atoms with Crippen LogP contribution >= 0.6 is 0 Å². The summed E-state index contributed by atoms with van der Waals surface area (Å²) in [7, 11) is -3.73. The van der Waals surface area contributed by atoms with Crippen molar-refractivity contribution in [3.63, 3.8) is 0 Å². The molecule has 110 valence electrons. The van der Waals surface area contributed by atoms with E-state index in [1.807, 2.05) is 18.2 Å². The first-order valence-corrected chi connectivity index (χ1v) is 8.14. The molecule has 1 saturated carbocycles. The van der Waals surface area contributed by atoms with Crippen molar-refractivity contribution in [3.05, 3.63) is 42.5 Å². The van der Waals surface area contributed by atoms with E-state index >= 15 is 0 Å². The molecule has 2 aromatic rings. The van der Waals surface area contributed by atoms with Crippen molar-refractivity contribution < 1.29 is 18.3 Å². The monoisotopic (exact) mass is 305 g/mol. The van der Waals surface area contributed by atoms with Crippen molar-refractivity contribution in [1.82, 2.24) is 4.72 Å². The first-order valence-electron chi connectivity index (χ1n) is 6.65. The third kappa shape index (κ3) is 2.52. The fourth-order valence-electron chi connectivity index (χ4n) is 2.36. The Labute approximate surface area is 122 Å². The number of carboxylic acid groups (broad SMARTS) is 1. The van der Waals surface area contributed by atoms with Gasteiger partial charge in [0.2, 0.25) is 10.0 Å². The van der Waals surface area contributed by atoms with Crippen LogP contribution < -0.4 is 4.72 Å². The topological polar surface area (TPSA) is 83.5 Å². The van der Waals surface area contributed by atoms with Gasteiger partial charge in [0.25, 0.3) is 0 Å². The largest absolute Gasteiger partial charge is 0.481 e. The van der Waals surface area contributed by atoms with Crippen LogP contribution in [0, 0.1) is 5.41 Å². The van der Waals surface area contributed by atoms with Crippen LogP contribution in [0.15, 0.2) is 47.4 Å². The van der Waals surface area contributed by atoms with Gasteiger partial charge in [-0.25, -0.2) is 13.1 Å². The van der Waals surface area contributed by atoms with Gasteiger partial charge in [-0.15, -0.1) is 0 Å². The highest BCUT2D eigenvalue weighted by Crippen LogP contribution is 2.45. The zero-order chi connectivity index (χ0) is 15.1. The molecule has 1 aliphatic rings. The maximum Gasteiger partial charge on any atom is 0.310 e. The minimum Gasteiger partial charge on any atom is -0.481 e. The van der Waals surface area contributed by atoms with E-state index in [-0.39, 0.29) is 11.4 Å². The second-order valence-electron chi connectivity index (χ2n) is 5.39. The maximum absolute atomic E-state index is 12.4. The van der Waals surface area contributed by atoms with Gasteiger partial charge in [0.15, 0.2) is 0 Å². The Hall–Kier alpha value is -1.92. The highest BCUT2D eigenvalue weighted by Gasteiger charge is 2.50. The Morgan fingerprint density at radius 1 is 1.14 bits per heavy atom. The number of nitrogens with one attached hydrogen (secondary N) is 1. The normalized spacial score (nSPS) is 16.8. The van der Waals surface area contributed by atoms with Crippen LogP contribution in [0.1, 0.15) is 12.8 Å². The zero-order valence-corrected chi connectivity index (χ0v) is 12.1. The summed E-state index contributed by atoms with van der Waals surface area (Å²) in [4.78, 5) is 11.3. The van der Waals surface area contributed by atoms with E-state index in [1.54, 1.807) is 18.2 Å². The van der Waals surface area contributed by atoms with Gasteiger partial charge in [0.05, 0.1) is 10.3 Å². The lowest BCUT2D eigenvalue weighted by Crippen LogP contribution is -2.34. The Morgan fingerprint density at radius 2 is 1.81 bits per heavy atom. The highest BCUT2D eigenvalue weighted by molar-refractivity contribution is 7.89. The van der Waals surface area contributed by atoms with Gasteiger partial charge in [0, 0.05) is 11.9 Å². The summed E-state index contributed by atoms with van der Waals surface area (Å²) in [6, 6.07) is 12.3. The van der Waals surface area contributed by atoms with Gasteiger partial charge in [-0.2, -0.15) is 0 Å². The molecule has 0 saturated heterocycles. The van der Waals surface area contributed by atoms with Crippen LogP contribution in [0.2, 0.25) is 0 Å². The van der Waals surface area contributed by atoms with Crippen molar-refractivity contribution >= 4 is 26.8 Å². The summed E-state index contributed by atoms with van der Waals surface area (Å²) in [6.45, 7) is -0.0616. The number of benzene rings is 2. The number of carboxylic acids is 1. The second-order valence-corrected chi connectivity index (χ2v) is 7.12. The van der Waals surface area contributed by atoms with Gasteiger partial charge < -0.3 is 5.11 Å². The Balaban J connectivity index is 1.92. The summed E-state index contributed by atoms with van der Waals surface area (Å²) in [6.07, 6.45) is 1.03. The summed E-state index contributed by atoms with van der Waals surface area (Å²) >= 11 is 0. The fourth-order valence-corrected chi connectivity index (χ4v) is 3.71. The number of hydrogen-bond donors (Lipinski definition) is 2. The van der Waals surface area contributed by atoms with Crippen molar-refractivity contribution in [2.24, 2.45) is 5.41 Å². The SMILES string of the molecule is O=C(O)C1(CNS(=O)(=O)c2cccc3ccccc23)CC1. The molecule has 21 heavy (non-hydrogen) atoms. The molecular weight excluding hydrogens is 290 g/mol. The van der Waals surface area contributed by atoms with E-state index in [0.717, 1.165) is 5.39 Å². The minimum atomic E-state index is -3.73. The Kier molecular flexibility index (Phi) is 3.22. The number of aliphatic carboxylic acids is 1. The molecule has 5 nitrogen and oxygen atoms in total. The fraction of sp³-hybridized carbons (Fsp3) is 0.267. The molecule has 0 aromatic heterocycles. The van der Waals surface area contributed by atoms with E-state index in [9.17, 15) is 13.2 Å². The molecule has 6 heteroatoms. The number of hydrogen-bond acceptors (Lipinski definition) is 3. The van der Waals surface area contributed by atoms with Crippen molar-refractivity contribution in [2.75, 3.05) is 6.54 Å². The highest BCUT2D eigenvalue weighted by atomic mass is 32.2. The second kappa shape index (κ2) is 4.82. The predicted molar refractivity (Wildman–Crippen MR) is 78.4 cm³/mol. The predicted octanol–water partition coefficient (Wildman–Crippen LogP) is 1.98. The number of sulfonamides is 1. The minimum absolute atomic E-state index is 0.0616. The number of rotatable bonds is 5. The molecule has 2 aromatic carbocycles. The summed E-state index contributed by atoms with van der Waals surface area (Å²) in [5.74, 6) is -0.942. The molecule has 0 unspecified atom stereocenters. The van der Waals surface area contributed by atoms with Crippen molar-refractivity contribution in [3.8, 4) is 0 Å². The van der Waals surface area contributed by atoms with Crippen LogP contribution in [-0.2, 0) is 14.8 Å². The molecule has 0 heterocycles. The average Bonchev–Trinajstić information content (AvgIpc) is 3.26. The van der Waals surface area contributed by atoms with Crippen molar-refractivity contribution in [1.29, 1.82) is 0 Å². The first kappa shape index (κ1) is 14.0. The lowest BCUT2D eigenvalue weighted by atomic mass is 10.1. The Bertz CT molecular complexity index is 804.